The Morgan fingerprint density at radius 2 is 1.85 bits per heavy atom. The maximum Gasteiger partial charge on any atom is 0.120 e. The van der Waals surface area contributed by atoms with E-state index in [1.54, 1.807) is 0 Å². The van der Waals surface area contributed by atoms with E-state index in [4.69, 9.17) is 4.74 Å². The molecule has 4 heterocycles. The molecule has 1 aromatic heterocycles. The predicted molar refractivity (Wildman–Crippen MR) is 104 cm³/mol. The summed E-state index contributed by atoms with van der Waals surface area (Å²) in [5.74, 6) is 1.60. The Hall–Kier alpha value is -2.66. The molecular formula is C22H24N4O. The molecule has 0 amide bonds. The van der Waals surface area contributed by atoms with E-state index in [1.165, 1.54) is 25.9 Å². The van der Waals surface area contributed by atoms with Crippen LogP contribution in [0.15, 0.2) is 60.8 Å². The fraction of sp³-hybridized carbons (Fsp3) is 0.364. The number of fused-ring (bicyclic) bond motifs is 3. The van der Waals surface area contributed by atoms with Crippen molar-refractivity contribution in [2.45, 2.75) is 25.5 Å². The van der Waals surface area contributed by atoms with Gasteiger partial charge in [0.05, 0.1) is 12.2 Å². The molecule has 27 heavy (non-hydrogen) atoms. The van der Waals surface area contributed by atoms with E-state index >= 15 is 0 Å². The van der Waals surface area contributed by atoms with Crippen molar-refractivity contribution in [2.75, 3.05) is 19.6 Å². The zero-order valence-corrected chi connectivity index (χ0v) is 15.4. The maximum atomic E-state index is 5.96. The zero-order chi connectivity index (χ0) is 18.1. The molecule has 3 aliphatic heterocycles. The van der Waals surface area contributed by atoms with Crippen LogP contribution >= 0.6 is 0 Å². The van der Waals surface area contributed by atoms with Gasteiger partial charge in [0, 0.05) is 12.1 Å². The Labute approximate surface area is 159 Å². The number of hydrogen-bond donors (Lipinski definition) is 0. The first-order chi connectivity index (χ1) is 13.3. The molecule has 5 nitrogen and oxygen atoms in total. The number of aromatic nitrogens is 3. The Bertz CT molecular complexity index is 899. The number of nitrogens with zero attached hydrogens (tertiary/aromatic N) is 4. The quantitative estimate of drug-likeness (QED) is 0.694. The maximum absolute atomic E-state index is 5.96. The topological polar surface area (TPSA) is 43.2 Å². The molecule has 3 aliphatic rings. The van der Waals surface area contributed by atoms with Crippen LogP contribution in [0, 0.1) is 5.92 Å². The highest BCUT2D eigenvalue weighted by Crippen LogP contribution is 2.35. The monoisotopic (exact) mass is 360 g/mol. The van der Waals surface area contributed by atoms with Crippen molar-refractivity contribution in [1.29, 1.82) is 0 Å². The normalized spacial score (nSPS) is 24.1. The molecule has 0 saturated carbocycles. The Morgan fingerprint density at radius 3 is 2.63 bits per heavy atom. The summed E-state index contributed by atoms with van der Waals surface area (Å²) < 4.78 is 8.04. The molecule has 5 heteroatoms. The largest absolute Gasteiger partial charge is 0.489 e. The lowest BCUT2D eigenvalue weighted by atomic mass is 9.84. The molecule has 138 valence electrons. The number of benzene rings is 2. The van der Waals surface area contributed by atoms with Crippen LogP contribution in [-0.2, 0) is 6.61 Å². The molecule has 0 spiro atoms. The lowest BCUT2D eigenvalue weighted by Crippen LogP contribution is -2.48. The van der Waals surface area contributed by atoms with Gasteiger partial charge in [0.15, 0.2) is 0 Å². The van der Waals surface area contributed by atoms with Crippen LogP contribution < -0.4 is 4.74 Å². The fourth-order valence-electron chi connectivity index (χ4n) is 4.29. The van der Waals surface area contributed by atoms with Gasteiger partial charge >= 0.3 is 0 Å². The average Bonchev–Trinajstić information content (AvgIpc) is 3.24. The summed E-state index contributed by atoms with van der Waals surface area (Å²) in [6.45, 7) is 4.15. The van der Waals surface area contributed by atoms with E-state index in [-0.39, 0.29) is 0 Å². The summed E-state index contributed by atoms with van der Waals surface area (Å²) in [4.78, 5) is 2.55. The van der Waals surface area contributed by atoms with Crippen LogP contribution in [0.3, 0.4) is 0 Å². The zero-order valence-electron chi connectivity index (χ0n) is 15.4. The van der Waals surface area contributed by atoms with Gasteiger partial charge in [-0.05, 0) is 49.5 Å². The minimum absolute atomic E-state index is 0.464. The molecule has 3 fully saturated rings. The Balaban J connectivity index is 1.31. The second-order valence-corrected chi connectivity index (χ2v) is 7.59. The van der Waals surface area contributed by atoms with Gasteiger partial charge in [0.25, 0.3) is 0 Å². The molecule has 2 aromatic carbocycles. The fourth-order valence-corrected chi connectivity index (χ4v) is 4.29. The van der Waals surface area contributed by atoms with E-state index in [1.807, 2.05) is 36.4 Å². The van der Waals surface area contributed by atoms with Gasteiger partial charge in [-0.2, -0.15) is 0 Å². The highest BCUT2D eigenvalue weighted by Gasteiger charge is 2.35. The van der Waals surface area contributed by atoms with Crippen LogP contribution in [0.25, 0.3) is 11.3 Å². The van der Waals surface area contributed by atoms with Crippen LogP contribution in [0.4, 0.5) is 0 Å². The van der Waals surface area contributed by atoms with Gasteiger partial charge in [-0.25, -0.2) is 4.68 Å². The molecule has 3 aromatic rings. The van der Waals surface area contributed by atoms with E-state index in [9.17, 15) is 0 Å². The van der Waals surface area contributed by atoms with Crippen molar-refractivity contribution in [3.05, 3.63) is 66.4 Å². The third-order valence-corrected chi connectivity index (χ3v) is 5.85. The van der Waals surface area contributed by atoms with Gasteiger partial charge < -0.3 is 9.64 Å². The minimum Gasteiger partial charge on any atom is -0.489 e. The van der Waals surface area contributed by atoms with Gasteiger partial charge in [-0.1, -0.05) is 47.7 Å². The lowest BCUT2D eigenvalue weighted by molar-refractivity contribution is 0.0504. The predicted octanol–water partition coefficient (Wildman–Crippen LogP) is 3.79. The van der Waals surface area contributed by atoms with Crippen molar-refractivity contribution >= 4 is 0 Å². The molecule has 2 bridgehead atoms. The third kappa shape index (κ3) is 3.47. The standard InChI is InChI=1S/C22H24N4O/c1-2-5-17(6-3-1)16-27-20-8-4-7-19(13-20)21-14-26(24-23-21)22-15-25-11-9-18(22)10-12-25/h1-8,13-14,18,22H,9-12,15-16H2/t22-/m1/s1. The molecule has 0 unspecified atom stereocenters. The Kier molecular flexibility index (Phi) is 4.38. The van der Waals surface area contributed by atoms with Crippen LogP contribution in [0.2, 0.25) is 0 Å². The number of piperidine rings is 3. The van der Waals surface area contributed by atoms with Crippen LogP contribution in [0.1, 0.15) is 24.4 Å². The van der Waals surface area contributed by atoms with Crippen molar-refractivity contribution in [3.8, 4) is 17.0 Å². The highest BCUT2D eigenvalue weighted by atomic mass is 16.5. The number of ether oxygens (including phenoxy) is 1. The van der Waals surface area contributed by atoms with Crippen LogP contribution in [-0.4, -0.2) is 39.5 Å². The van der Waals surface area contributed by atoms with E-state index in [0.29, 0.717) is 12.6 Å². The minimum atomic E-state index is 0.464. The summed E-state index contributed by atoms with van der Waals surface area (Å²) in [5.41, 5.74) is 3.13. The van der Waals surface area contributed by atoms with Crippen LogP contribution in [0.5, 0.6) is 5.75 Å². The van der Waals surface area contributed by atoms with Gasteiger partial charge in [0.1, 0.15) is 18.1 Å². The smallest absolute Gasteiger partial charge is 0.120 e. The summed E-state index contributed by atoms with van der Waals surface area (Å²) in [5, 5.41) is 8.90. The van der Waals surface area contributed by atoms with Crippen molar-refractivity contribution in [1.82, 2.24) is 19.9 Å². The van der Waals surface area contributed by atoms with E-state index < -0.39 is 0 Å². The third-order valence-electron chi connectivity index (χ3n) is 5.85. The summed E-state index contributed by atoms with van der Waals surface area (Å²) >= 11 is 0. The summed E-state index contributed by atoms with van der Waals surface area (Å²) in [6.07, 6.45) is 4.66. The van der Waals surface area contributed by atoms with Crippen molar-refractivity contribution < 1.29 is 4.74 Å². The van der Waals surface area contributed by atoms with Gasteiger partial charge in [-0.15, -0.1) is 5.10 Å². The first-order valence-corrected chi connectivity index (χ1v) is 9.76. The average molecular weight is 360 g/mol. The molecule has 0 aliphatic carbocycles. The summed E-state index contributed by atoms with van der Waals surface area (Å²) in [6, 6.07) is 18.8. The molecular weight excluding hydrogens is 336 g/mol. The molecule has 0 N–H and O–H groups in total. The second kappa shape index (κ2) is 7.16. The van der Waals surface area contributed by atoms with Gasteiger partial charge in [-0.3, -0.25) is 0 Å². The number of rotatable bonds is 5. The Morgan fingerprint density at radius 1 is 1.00 bits per heavy atom. The SMILES string of the molecule is c1ccc(COc2cccc(-c3cn([C@@H]4CN5CCC4CC5)nn3)c2)cc1. The molecule has 3 saturated heterocycles. The molecule has 6 rings (SSSR count). The molecule has 1 atom stereocenters. The molecule has 0 radical (unpaired) electrons. The highest BCUT2D eigenvalue weighted by molar-refractivity contribution is 5.59. The van der Waals surface area contributed by atoms with Crippen molar-refractivity contribution in [2.24, 2.45) is 5.92 Å². The van der Waals surface area contributed by atoms with Crippen molar-refractivity contribution in [3.63, 3.8) is 0 Å². The van der Waals surface area contributed by atoms with Gasteiger partial charge in [0.2, 0.25) is 0 Å². The number of hydrogen-bond acceptors (Lipinski definition) is 4. The summed E-state index contributed by atoms with van der Waals surface area (Å²) in [7, 11) is 0. The first-order valence-electron chi connectivity index (χ1n) is 9.76. The van der Waals surface area contributed by atoms with E-state index in [0.717, 1.165) is 35.0 Å². The first kappa shape index (κ1) is 16.5. The lowest BCUT2D eigenvalue weighted by Gasteiger charge is -2.44. The van der Waals surface area contributed by atoms with E-state index in [2.05, 4.69) is 44.3 Å². The second-order valence-electron chi connectivity index (χ2n) is 7.59.